The van der Waals surface area contributed by atoms with Gasteiger partial charge in [0, 0.05) is 25.2 Å². The quantitative estimate of drug-likeness (QED) is 0.712. The summed E-state index contributed by atoms with van der Waals surface area (Å²) in [5, 5.41) is 0. The van der Waals surface area contributed by atoms with Gasteiger partial charge in [-0.05, 0) is 38.1 Å². The molecule has 2 N–H and O–H groups in total. The molecule has 1 unspecified atom stereocenters. The van der Waals surface area contributed by atoms with Gasteiger partial charge in [0.1, 0.15) is 0 Å². The summed E-state index contributed by atoms with van der Waals surface area (Å²) in [6, 6.07) is 0. The lowest BCUT2D eigenvalue weighted by molar-refractivity contribution is -0.00483. The van der Waals surface area contributed by atoms with E-state index in [2.05, 4.69) is 32.6 Å². The van der Waals surface area contributed by atoms with Crippen molar-refractivity contribution < 1.29 is 4.74 Å². The zero-order valence-corrected chi connectivity index (χ0v) is 12.8. The van der Waals surface area contributed by atoms with Gasteiger partial charge in [-0.15, -0.1) is 0 Å². The Hall–Kier alpha value is -0.120. The minimum atomic E-state index is 0.202. The van der Waals surface area contributed by atoms with Crippen molar-refractivity contribution in [2.45, 2.75) is 58.9 Å². The van der Waals surface area contributed by atoms with Crippen molar-refractivity contribution in [3.05, 3.63) is 0 Å². The monoisotopic (exact) mass is 256 g/mol. The summed E-state index contributed by atoms with van der Waals surface area (Å²) < 4.78 is 5.52. The summed E-state index contributed by atoms with van der Waals surface area (Å²) in [7, 11) is 0. The molecule has 1 atom stereocenters. The molecular weight excluding hydrogens is 224 g/mol. The predicted molar refractivity (Wildman–Crippen MR) is 77.8 cm³/mol. The molecule has 0 bridgehead atoms. The van der Waals surface area contributed by atoms with Crippen molar-refractivity contribution in [3.8, 4) is 0 Å². The third kappa shape index (κ3) is 3.94. The third-order valence-corrected chi connectivity index (χ3v) is 4.45. The maximum atomic E-state index is 6.16. The second-order valence-corrected chi connectivity index (χ2v) is 6.40. The van der Waals surface area contributed by atoms with E-state index in [0.29, 0.717) is 5.41 Å². The molecular formula is C15H32N2O. The van der Waals surface area contributed by atoms with Crippen LogP contribution in [0.5, 0.6) is 0 Å². The minimum absolute atomic E-state index is 0.202. The van der Waals surface area contributed by atoms with Crippen LogP contribution < -0.4 is 5.73 Å². The zero-order valence-electron chi connectivity index (χ0n) is 12.8. The topological polar surface area (TPSA) is 38.5 Å². The number of rotatable bonds is 7. The number of nitrogens with two attached hydrogens (primary N) is 1. The first kappa shape index (κ1) is 15.9. The van der Waals surface area contributed by atoms with Crippen molar-refractivity contribution in [2.24, 2.45) is 11.1 Å². The lowest BCUT2D eigenvalue weighted by Gasteiger charge is -2.50. The van der Waals surface area contributed by atoms with E-state index in [0.717, 1.165) is 32.8 Å². The molecule has 1 fully saturated rings. The summed E-state index contributed by atoms with van der Waals surface area (Å²) in [5.41, 5.74) is 6.79. The first-order valence-electron chi connectivity index (χ1n) is 7.52. The molecule has 0 aromatic heterocycles. The van der Waals surface area contributed by atoms with Crippen LogP contribution >= 0.6 is 0 Å². The molecule has 0 spiro atoms. The van der Waals surface area contributed by atoms with E-state index in [4.69, 9.17) is 10.5 Å². The minimum Gasteiger partial charge on any atom is -0.380 e. The van der Waals surface area contributed by atoms with Gasteiger partial charge in [-0.25, -0.2) is 0 Å². The lowest BCUT2D eigenvalue weighted by Crippen LogP contribution is -2.58. The summed E-state index contributed by atoms with van der Waals surface area (Å²) in [6.45, 7) is 13.5. The Balaban J connectivity index is 2.70. The molecule has 0 aliphatic heterocycles. The van der Waals surface area contributed by atoms with E-state index in [-0.39, 0.29) is 5.54 Å². The normalized spacial score (nSPS) is 27.7. The highest BCUT2D eigenvalue weighted by molar-refractivity contribution is 4.99. The van der Waals surface area contributed by atoms with Crippen molar-refractivity contribution in [2.75, 3.05) is 32.8 Å². The fourth-order valence-corrected chi connectivity index (χ4v) is 3.59. The standard InChI is InChI=1S/C15H32N2O/c1-5-17(10-11-18-6-2)15(13-16)9-7-8-14(3,4)12-15/h5-13,16H2,1-4H3. The van der Waals surface area contributed by atoms with Gasteiger partial charge in [-0.2, -0.15) is 0 Å². The predicted octanol–water partition coefficient (Wildman–Crippen LogP) is 2.64. The first-order chi connectivity index (χ1) is 8.49. The van der Waals surface area contributed by atoms with Crippen LogP contribution in [0.4, 0.5) is 0 Å². The Bertz CT molecular complexity index is 243. The Kier molecular flexibility index (Phi) is 6.09. The van der Waals surface area contributed by atoms with E-state index < -0.39 is 0 Å². The molecule has 1 aliphatic carbocycles. The van der Waals surface area contributed by atoms with Crippen LogP contribution in [0.2, 0.25) is 0 Å². The molecule has 3 nitrogen and oxygen atoms in total. The Morgan fingerprint density at radius 2 is 1.94 bits per heavy atom. The Labute approximate surface area is 113 Å². The SMILES string of the molecule is CCOCCN(CC)C1(CN)CCCC(C)(C)C1. The van der Waals surface area contributed by atoms with Crippen molar-refractivity contribution in [1.29, 1.82) is 0 Å². The highest BCUT2D eigenvalue weighted by Crippen LogP contribution is 2.43. The Morgan fingerprint density at radius 1 is 1.22 bits per heavy atom. The fraction of sp³-hybridized carbons (Fsp3) is 1.00. The van der Waals surface area contributed by atoms with Crippen LogP contribution in [0.3, 0.4) is 0 Å². The molecule has 0 saturated heterocycles. The second-order valence-electron chi connectivity index (χ2n) is 6.40. The number of nitrogens with zero attached hydrogens (tertiary/aromatic N) is 1. The first-order valence-corrected chi connectivity index (χ1v) is 7.52. The van der Waals surface area contributed by atoms with Crippen LogP contribution in [0.15, 0.2) is 0 Å². The van der Waals surface area contributed by atoms with Crippen molar-refractivity contribution in [3.63, 3.8) is 0 Å². The molecule has 108 valence electrons. The van der Waals surface area contributed by atoms with Crippen LogP contribution in [-0.2, 0) is 4.74 Å². The summed E-state index contributed by atoms with van der Waals surface area (Å²) >= 11 is 0. The molecule has 0 aromatic rings. The molecule has 0 radical (unpaired) electrons. The lowest BCUT2D eigenvalue weighted by atomic mass is 9.67. The van der Waals surface area contributed by atoms with Gasteiger partial charge in [0.05, 0.1) is 6.61 Å². The largest absolute Gasteiger partial charge is 0.380 e. The highest BCUT2D eigenvalue weighted by Gasteiger charge is 2.42. The number of hydrogen-bond donors (Lipinski definition) is 1. The molecule has 1 rings (SSSR count). The molecule has 0 aromatic carbocycles. The summed E-state index contributed by atoms with van der Waals surface area (Å²) in [5.74, 6) is 0. The van der Waals surface area contributed by atoms with Crippen LogP contribution in [0.25, 0.3) is 0 Å². The number of likely N-dealkylation sites (N-methyl/N-ethyl adjacent to an activating group) is 1. The van der Waals surface area contributed by atoms with E-state index >= 15 is 0 Å². The van der Waals surface area contributed by atoms with E-state index in [1.54, 1.807) is 0 Å². The average Bonchev–Trinajstić information content (AvgIpc) is 2.33. The molecule has 1 saturated carbocycles. The molecule has 3 heteroatoms. The van der Waals surface area contributed by atoms with Crippen LogP contribution in [0.1, 0.15) is 53.4 Å². The summed E-state index contributed by atoms with van der Waals surface area (Å²) in [4.78, 5) is 2.56. The molecule has 1 aliphatic rings. The van der Waals surface area contributed by atoms with Gasteiger partial charge in [0.25, 0.3) is 0 Å². The molecule has 18 heavy (non-hydrogen) atoms. The molecule has 0 amide bonds. The highest BCUT2D eigenvalue weighted by atomic mass is 16.5. The molecule has 0 heterocycles. The van der Waals surface area contributed by atoms with Gasteiger partial charge in [-0.1, -0.05) is 27.2 Å². The van der Waals surface area contributed by atoms with Gasteiger partial charge in [0.15, 0.2) is 0 Å². The van der Waals surface area contributed by atoms with Gasteiger partial charge >= 0.3 is 0 Å². The van der Waals surface area contributed by atoms with Gasteiger partial charge < -0.3 is 10.5 Å². The average molecular weight is 256 g/mol. The van der Waals surface area contributed by atoms with Gasteiger partial charge in [-0.3, -0.25) is 4.90 Å². The van der Waals surface area contributed by atoms with E-state index in [1.807, 2.05) is 0 Å². The van der Waals surface area contributed by atoms with Gasteiger partial charge in [0.2, 0.25) is 0 Å². The summed E-state index contributed by atoms with van der Waals surface area (Å²) in [6.07, 6.45) is 5.09. The maximum absolute atomic E-state index is 6.16. The van der Waals surface area contributed by atoms with Crippen molar-refractivity contribution >= 4 is 0 Å². The number of hydrogen-bond acceptors (Lipinski definition) is 3. The van der Waals surface area contributed by atoms with Crippen molar-refractivity contribution in [1.82, 2.24) is 4.90 Å². The fourth-order valence-electron chi connectivity index (χ4n) is 3.59. The van der Waals surface area contributed by atoms with Crippen LogP contribution in [0, 0.1) is 5.41 Å². The number of ether oxygens (including phenoxy) is 1. The second kappa shape index (κ2) is 6.88. The third-order valence-electron chi connectivity index (χ3n) is 4.45. The maximum Gasteiger partial charge on any atom is 0.0593 e. The van der Waals surface area contributed by atoms with E-state index in [1.165, 1.54) is 25.7 Å². The van der Waals surface area contributed by atoms with E-state index in [9.17, 15) is 0 Å². The Morgan fingerprint density at radius 3 is 2.44 bits per heavy atom. The van der Waals surface area contributed by atoms with Crippen LogP contribution in [-0.4, -0.2) is 43.3 Å². The zero-order chi connectivity index (χ0) is 13.6. The smallest absolute Gasteiger partial charge is 0.0593 e.